The normalized spacial score (nSPS) is 13.2. The van der Waals surface area contributed by atoms with Gasteiger partial charge in [0.1, 0.15) is 12.8 Å². The van der Waals surface area contributed by atoms with Crippen LogP contribution in [0, 0.1) is 0 Å². The monoisotopic (exact) mass is 723 g/mol. The lowest BCUT2D eigenvalue weighted by molar-refractivity contribution is -0.617. The van der Waals surface area contributed by atoms with Crippen LogP contribution in [0.25, 0.3) is 21.8 Å². The minimum Gasteiger partial charge on any atom is -0.722 e. The van der Waals surface area contributed by atoms with Crippen LogP contribution in [0.1, 0.15) is 33.6 Å². The van der Waals surface area contributed by atoms with Gasteiger partial charge in [-0.2, -0.15) is 8.87 Å². The summed E-state index contributed by atoms with van der Waals surface area (Å²) < 4.78 is 71.9. The Kier molecular flexibility index (Phi) is 9.94. The van der Waals surface area contributed by atoms with Crippen molar-refractivity contribution in [3.05, 3.63) is 108 Å². The number of para-hydroxylation sites is 2. The first-order valence-electron chi connectivity index (χ1n) is 14.5. The van der Waals surface area contributed by atoms with Crippen molar-refractivity contribution in [2.45, 2.75) is 17.7 Å². The number of nitrogens with zero attached hydrogens (tertiary/aromatic N) is 3. The van der Waals surface area contributed by atoms with E-state index in [0.29, 0.717) is 21.6 Å². The third kappa shape index (κ3) is 7.29. The van der Waals surface area contributed by atoms with E-state index in [1.54, 1.807) is 36.4 Å². The summed E-state index contributed by atoms with van der Waals surface area (Å²) in [5.41, 5.74) is 1.61. The predicted molar refractivity (Wildman–Crippen MR) is 173 cm³/mol. The fourth-order valence-electron chi connectivity index (χ4n) is 5.31. The van der Waals surface area contributed by atoms with Crippen molar-refractivity contribution >= 4 is 71.7 Å². The number of hydrogen-bond acceptors (Lipinski definition) is 11. The molecule has 0 atom stereocenters. The van der Waals surface area contributed by atoms with Gasteiger partial charge in [-0.25, -0.2) is 21.6 Å². The van der Waals surface area contributed by atoms with Crippen molar-refractivity contribution in [1.82, 2.24) is 5.06 Å². The van der Waals surface area contributed by atoms with E-state index in [2.05, 4.69) is 0 Å². The van der Waals surface area contributed by atoms with Gasteiger partial charge in [0.2, 0.25) is 11.0 Å². The van der Waals surface area contributed by atoms with Crippen molar-refractivity contribution in [2.24, 2.45) is 7.05 Å². The number of amides is 3. The van der Waals surface area contributed by atoms with Gasteiger partial charge < -0.3 is 14.1 Å². The Morgan fingerprint density at radius 2 is 1.28 bits per heavy atom. The van der Waals surface area contributed by atoms with Crippen molar-refractivity contribution in [3.8, 4) is 5.75 Å². The first kappa shape index (κ1) is 35.5. The number of carbonyl (C=O) groups excluding carboxylic acids is 4. The second-order valence-corrected chi connectivity index (χ2v) is 13.2. The summed E-state index contributed by atoms with van der Waals surface area (Å²) in [5, 5.41) is 1.52. The summed E-state index contributed by atoms with van der Waals surface area (Å²) in [6, 6.07) is 25.2. The van der Waals surface area contributed by atoms with E-state index in [9.17, 15) is 31.5 Å². The standard InChI is InChI=1S/C33H26N3O8S.FHO3S/c1-34-27-9-5-3-7-25(27)31(26-8-4-6-10-28(26)34)32(39)36(22-13-15-23(43-2)16-14-22)45(41,42)24-17-11-21(12-18-24)33(40)44-35-29(37)19-20-30(35)38;1-5(2,3)4/h3-18H,19-20H2,1-2H3;(H,2,3,4)/q+1;/p-1. The van der Waals surface area contributed by atoms with Crippen LogP contribution in [0.5, 0.6) is 5.75 Å². The van der Waals surface area contributed by atoms with Gasteiger partial charge in [0.25, 0.3) is 38.2 Å². The van der Waals surface area contributed by atoms with E-state index in [1.165, 1.54) is 31.4 Å². The first-order chi connectivity index (χ1) is 23.6. The van der Waals surface area contributed by atoms with Gasteiger partial charge in [0.15, 0.2) is 0 Å². The van der Waals surface area contributed by atoms with Gasteiger partial charge in [-0.15, -0.1) is 8.95 Å². The summed E-state index contributed by atoms with van der Waals surface area (Å²) in [6.07, 6.45) is -0.133. The highest BCUT2D eigenvalue weighted by atomic mass is 32.3. The Morgan fingerprint density at radius 3 is 1.76 bits per heavy atom. The molecule has 17 heteroatoms. The Labute approximate surface area is 284 Å². The molecule has 5 aromatic rings. The molecule has 1 aromatic heterocycles. The fourth-order valence-corrected chi connectivity index (χ4v) is 6.71. The number of aromatic nitrogens is 1. The molecule has 50 heavy (non-hydrogen) atoms. The number of pyridine rings is 1. The average molecular weight is 724 g/mol. The zero-order chi connectivity index (χ0) is 36.4. The molecule has 3 amide bonds. The van der Waals surface area contributed by atoms with Gasteiger partial charge in [-0.1, -0.05) is 24.3 Å². The van der Waals surface area contributed by atoms with E-state index in [1.807, 2.05) is 35.9 Å². The minimum absolute atomic E-state index is 0.0664. The maximum Gasteiger partial charge on any atom is 0.363 e. The van der Waals surface area contributed by atoms with Gasteiger partial charge in [-0.3, -0.25) is 14.4 Å². The van der Waals surface area contributed by atoms with Crippen LogP contribution in [-0.4, -0.2) is 57.3 Å². The van der Waals surface area contributed by atoms with Crippen molar-refractivity contribution in [3.63, 3.8) is 0 Å². The number of ether oxygens (including phenoxy) is 1. The van der Waals surface area contributed by atoms with Crippen molar-refractivity contribution in [1.29, 1.82) is 0 Å². The molecule has 14 nitrogen and oxygen atoms in total. The zero-order valence-electron chi connectivity index (χ0n) is 26.2. The number of hydroxylamine groups is 2. The topological polar surface area (TPSA) is 188 Å². The number of hydrogen-bond donors (Lipinski definition) is 0. The number of halogens is 1. The highest BCUT2D eigenvalue weighted by molar-refractivity contribution is 7.93. The average Bonchev–Trinajstić information content (AvgIpc) is 3.40. The Morgan fingerprint density at radius 1 is 0.800 bits per heavy atom. The molecule has 4 aromatic carbocycles. The summed E-state index contributed by atoms with van der Waals surface area (Å²) in [4.78, 5) is 55.7. The number of fused-ring (bicyclic) bond motifs is 2. The lowest BCUT2D eigenvalue weighted by atomic mass is 10.0. The molecule has 0 radical (unpaired) electrons. The number of carbonyl (C=O) groups is 4. The molecule has 0 aliphatic carbocycles. The molecule has 0 N–H and O–H groups in total. The number of anilines is 1. The molecular weight excluding hydrogens is 698 g/mol. The van der Waals surface area contributed by atoms with Crippen molar-refractivity contribution < 1.29 is 58.6 Å². The number of aryl methyl sites for hydroxylation is 1. The van der Waals surface area contributed by atoms with Crippen molar-refractivity contribution in [2.75, 3.05) is 11.4 Å². The minimum atomic E-state index is -5.42. The molecule has 0 unspecified atom stereocenters. The van der Waals surface area contributed by atoms with Gasteiger partial charge in [0.05, 0.1) is 39.6 Å². The van der Waals surface area contributed by atoms with E-state index in [-0.39, 0.29) is 34.6 Å². The van der Waals surface area contributed by atoms with Crippen LogP contribution in [-0.2, 0) is 42.0 Å². The predicted octanol–water partition coefficient (Wildman–Crippen LogP) is 3.50. The van der Waals surface area contributed by atoms with Crippen LogP contribution in [0.3, 0.4) is 0 Å². The SMILES string of the molecule is COc1ccc(N(C(=O)c2c3ccccc3[n+](C)c3ccccc23)S(=O)(=O)c2ccc(C(=O)ON3C(=O)CCC3=O)cc2)cc1.O=S(=O)([O-])F. The second kappa shape index (κ2) is 14.0. The van der Waals surface area contributed by atoms with Crippen LogP contribution in [0.2, 0.25) is 0 Å². The fraction of sp³-hybridized carbons (Fsp3) is 0.121. The number of sulfonamides is 1. The van der Waals surface area contributed by atoms with E-state index in [0.717, 1.165) is 27.5 Å². The number of rotatable bonds is 7. The van der Waals surface area contributed by atoms with E-state index < -0.39 is 44.2 Å². The molecule has 2 heterocycles. The largest absolute Gasteiger partial charge is 0.722 e. The molecule has 0 saturated carbocycles. The molecule has 1 fully saturated rings. The Hall–Kier alpha value is -5.78. The Balaban J connectivity index is 0.000000908. The second-order valence-electron chi connectivity index (χ2n) is 10.6. The zero-order valence-corrected chi connectivity index (χ0v) is 27.8. The van der Waals surface area contributed by atoms with Gasteiger partial charge in [0, 0.05) is 25.0 Å². The molecular formula is C33H26FN3O11S2. The molecule has 258 valence electrons. The molecule has 1 aliphatic rings. The van der Waals surface area contributed by atoms with Crippen LogP contribution in [0.15, 0.2) is 102 Å². The van der Waals surface area contributed by atoms with E-state index in [4.69, 9.17) is 22.5 Å². The van der Waals surface area contributed by atoms with Gasteiger partial charge >= 0.3 is 5.97 Å². The lowest BCUT2D eigenvalue weighted by Gasteiger charge is -2.24. The van der Waals surface area contributed by atoms with Crippen LogP contribution >= 0.6 is 0 Å². The quantitative estimate of drug-likeness (QED) is 0.0786. The summed E-state index contributed by atoms with van der Waals surface area (Å²) in [7, 11) is -6.66. The third-order valence-corrected chi connectivity index (χ3v) is 9.31. The molecule has 0 bridgehead atoms. The third-order valence-electron chi connectivity index (χ3n) is 7.58. The summed E-state index contributed by atoms with van der Waals surface area (Å²) in [6.45, 7) is 0. The smallest absolute Gasteiger partial charge is 0.363 e. The first-order valence-corrected chi connectivity index (χ1v) is 17.2. The van der Waals surface area contributed by atoms with Crippen LogP contribution < -0.4 is 13.6 Å². The number of methoxy groups -OCH3 is 1. The highest BCUT2D eigenvalue weighted by Crippen LogP contribution is 2.32. The number of benzene rings is 4. The highest BCUT2D eigenvalue weighted by Gasteiger charge is 2.36. The molecule has 6 rings (SSSR count). The molecule has 0 spiro atoms. The molecule has 1 saturated heterocycles. The summed E-state index contributed by atoms with van der Waals surface area (Å²) in [5.74, 6) is -2.63. The maximum absolute atomic E-state index is 14.7. The molecule has 1 aliphatic heterocycles. The van der Waals surface area contributed by atoms with Gasteiger partial charge in [-0.05, 0) is 60.7 Å². The maximum atomic E-state index is 14.7. The lowest BCUT2D eigenvalue weighted by Crippen LogP contribution is -2.39. The van der Waals surface area contributed by atoms with Crippen LogP contribution in [0.4, 0.5) is 9.57 Å². The summed E-state index contributed by atoms with van der Waals surface area (Å²) >= 11 is 0. The Bertz CT molecular complexity index is 2300. The van der Waals surface area contributed by atoms with E-state index >= 15 is 0 Å². The number of imide groups is 1.